The Morgan fingerprint density at radius 2 is 1.55 bits per heavy atom. The second-order valence-electron chi connectivity index (χ2n) is 7.94. The lowest BCUT2D eigenvalue weighted by atomic mass is 9.73. The highest BCUT2D eigenvalue weighted by atomic mass is 15.2. The Labute approximate surface area is 125 Å². The zero-order valence-corrected chi connectivity index (χ0v) is 13.6. The molecule has 1 heterocycles. The molecule has 0 amide bonds. The zero-order chi connectivity index (χ0) is 13.9. The third kappa shape index (κ3) is 3.39. The molecule has 2 atom stereocenters. The minimum Gasteiger partial charge on any atom is -0.313 e. The van der Waals surface area contributed by atoms with E-state index in [4.69, 9.17) is 0 Å². The lowest BCUT2D eigenvalue weighted by Gasteiger charge is -2.49. The van der Waals surface area contributed by atoms with Crippen LogP contribution >= 0.6 is 0 Å². The Bertz CT molecular complexity index is 282. The van der Waals surface area contributed by atoms with E-state index in [2.05, 4.69) is 24.1 Å². The summed E-state index contributed by atoms with van der Waals surface area (Å²) < 4.78 is 0. The molecule has 0 spiro atoms. The minimum absolute atomic E-state index is 0.734. The third-order valence-corrected chi connectivity index (χ3v) is 6.20. The molecule has 0 aromatic rings. The fourth-order valence-corrected chi connectivity index (χ4v) is 4.92. The molecule has 2 unspecified atom stereocenters. The molecule has 116 valence electrons. The average molecular weight is 278 g/mol. The predicted molar refractivity (Wildman–Crippen MR) is 85.9 cm³/mol. The molecule has 0 aromatic heterocycles. The molecule has 0 aromatic carbocycles. The lowest BCUT2D eigenvalue weighted by molar-refractivity contribution is 0.0275. The molecule has 2 bridgehead atoms. The molecule has 2 heteroatoms. The van der Waals surface area contributed by atoms with Crippen molar-refractivity contribution in [3.63, 3.8) is 0 Å². The van der Waals surface area contributed by atoms with Gasteiger partial charge in [0.05, 0.1) is 0 Å². The molecule has 20 heavy (non-hydrogen) atoms. The molecular weight excluding hydrogens is 244 g/mol. The number of nitrogens with one attached hydrogen (secondary N) is 1. The van der Waals surface area contributed by atoms with Crippen molar-refractivity contribution >= 4 is 0 Å². The molecule has 3 aliphatic rings. The molecular formula is C18H34N2. The summed E-state index contributed by atoms with van der Waals surface area (Å²) in [6.45, 7) is 8.73. The van der Waals surface area contributed by atoms with E-state index in [1.54, 1.807) is 0 Å². The zero-order valence-electron chi connectivity index (χ0n) is 13.6. The van der Waals surface area contributed by atoms with Crippen LogP contribution in [0.15, 0.2) is 0 Å². The number of hydrogen-bond acceptors (Lipinski definition) is 2. The Kier molecular flexibility index (Phi) is 5.04. The Morgan fingerprint density at radius 1 is 0.900 bits per heavy atom. The number of nitrogens with zero attached hydrogens (tertiary/aromatic N) is 1. The number of fused-ring (bicyclic) bond motifs is 2. The quantitative estimate of drug-likeness (QED) is 0.844. The van der Waals surface area contributed by atoms with Gasteiger partial charge in [0.2, 0.25) is 0 Å². The first-order valence-corrected chi connectivity index (χ1v) is 9.21. The number of likely N-dealkylation sites (tertiary alicyclic amines) is 1. The topological polar surface area (TPSA) is 15.3 Å². The maximum absolute atomic E-state index is 4.03. The van der Waals surface area contributed by atoms with Gasteiger partial charge in [0.25, 0.3) is 0 Å². The van der Waals surface area contributed by atoms with Crippen LogP contribution < -0.4 is 5.32 Å². The first-order chi connectivity index (χ1) is 9.74. The van der Waals surface area contributed by atoms with Crippen LogP contribution in [0.4, 0.5) is 0 Å². The second kappa shape index (κ2) is 6.79. The summed E-state index contributed by atoms with van der Waals surface area (Å²) in [5.74, 6) is 2.83. The van der Waals surface area contributed by atoms with Gasteiger partial charge in [0.15, 0.2) is 0 Å². The summed E-state index contributed by atoms with van der Waals surface area (Å²) in [4.78, 5) is 2.73. The molecule has 1 N–H and O–H groups in total. The van der Waals surface area contributed by atoms with Crippen LogP contribution in [0.25, 0.3) is 0 Å². The van der Waals surface area contributed by atoms with Gasteiger partial charge in [-0.25, -0.2) is 0 Å². The first-order valence-electron chi connectivity index (χ1n) is 9.21. The van der Waals surface area contributed by atoms with Crippen LogP contribution in [0, 0.1) is 17.8 Å². The second-order valence-corrected chi connectivity index (χ2v) is 7.94. The molecule has 3 rings (SSSR count). The summed E-state index contributed by atoms with van der Waals surface area (Å²) in [7, 11) is 0. The molecule has 2 aliphatic carbocycles. The number of hydrogen-bond donors (Lipinski definition) is 1. The van der Waals surface area contributed by atoms with Crippen molar-refractivity contribution in [2.24, 2.45) is 17.8 Å². The fraction of sp³-hybridized carbons (Fsp3) is 1.00. The van der Waals surface area contributed by atoms with Gasteiger partial charge < -0.3 is 10.2 Å². The normalized spacial score (nSPS) is 36.5. The van der Waals surface area contributed by atoms with E-state index in [1.807, 2.05) is 0 Å². The van der Waals surface area contributed by atoms with Gasteiger partial charge in [-0.05, 0) is 63.8 Å². The van der Waals surface area contributed by atoms with Crippen molar-refractivity contribution in [3.8, 4) is 0 Å². The van der Waals surface area contributed by atoms with E-state index >= 15 is 0 Å². The van der Waals surface area contributed by atoms with Crippen molar-refractivity contribution in [3.05, 3.63) is 0 Å². The first kappa shape index (κ1) is 14.8. The van der Waals surface area contributed by atoms with Crippen LogP contribution in [0.3, 0.4) is 0 Å². The summed E-state index contributed by atoms with van der Waals surface area (Å²) in [5.41, 5.74) is 0. The van der Waals surface area contributed by atoms with Crippen molar-refractivity contribution < 1.29 is 0 Å². The maximum Gasteiger partial charge on any atom is 0.0148 e. The van der Waals surface area contributed by atoms with Gasteiger partial charge in [0, 0.05) is 25.2 Å². The Hall–Kier alpha value is -0.0800. The van der Waals surface area contributed by atoms with E-state index in [-0.39, 0.29) is 0 Å². The van der Waals surface area contributed by atoms with Gasteiger partial charge in [-0.3, -0.25) is 0 Å². The molecule has 1 saturated heterocycles. The number of piperidine rings is 1. The molecule has 2 saturated carbocycles. The summed E-state index contributed by atoms with van der Waals surface area (Å²) in [5, 5.41) is 4.03. The molecule has 3 fully saturated rings. The van der Waals surface area contributed by atoms with E-state index in [0.717, 1.165) is 29.8 Å². The van der Waals surface area contributed by atoms with Crippen LogP contribution in [-0.2, 0) is 0 Å². The summed E-state index contributed by atoms with van der Waals surface area (Å²) in [6, 6.07) is 1.57. The van der Waals surface area contributed by atoms with E-state index in [1.165, 1.54) is 71.0 Å². The fourth-order valence-electron chi connectivity index (χ4n) is 4.92. The van der Waals surface area contributed by atoms with Crippen molar-refractivity contribution in [1.82, 2.24) is 10.2 Å². The summed E-state index contributed by atoms with van der Waals surface area (Å²) >= 11 is 0. The minimum atomic E-state index is 0.734. The predicted octanol–water partition coefficient (Wildman–Crippen LogP) is 3.67. The average Bonchev–Trinajstić information content (AvgIpc) is 2.45. The highest BCUT2D eigenvalue weighted by Crippen LogP contribution is 2.36. The standard InChI is InChI=1S/C18H34N2/c1-14(2)20-12-16-9-6-10-17(13-20)18(16)19-11-15-7-4-3-5-8-15/h14-19H,3-13H2,1-2H3. The van der Waals surface area contributed by atoms with E-state index < -0.39 is 0 Å². The van der Waals surface area contributed by atoms with Gasteiger partial charge >= 0.3 is 0 Å². The lowest BCUT2D eigenvalue weighted by Crippen LogP contribution is -2.58. The van der Waals surface area contributed by atoms with Crippen molar-refractivity contribution in [2.45, 2.75) is 77.3 Å². The van der Waals surface area contributed by atoms with Gasteiger partial charge in [-0.15, -0.1) is 0 Å². The highest BCUT2D eigenvalue weighted by Gasteiger charge is 2.39. The third-order valence-electron chi connectivity index (χ3n) is 6.20. The smallest absolute Gasteiger partial charge is 0.0148 e. The Balaban J connectivity index is 1.53. The molecule has 1 aliphatic heterocycles. The highest BCUT2D eigenvalue weighted by molar-refractivity contribution is 4.95. The van der Waals surface area contributed by atoms with Crippen LogP contribution in [0.5, 0.6) is 0 Å². The summed E-state index contributed by atoms with van der Waals surface area (Å²) in [6.07, 6.45) is 11.8. The van der Waals surface area contributed by atoms with E-state index in [9.17, 15) is 0 Å². The van der Waals surface area contributed by atoms with Gasteiger partial charge in [-0.2, -0.15) is 0 Å². The SMILES string of the molecule is CC(C)N1CC2CCCC(C1)C2NCC1CCCCC1. The van der Waals surface area contributed by atoms with Gasteiger partial charge in [0.1, 0.15) is 0 Å². The van der Waals surface area contributed by atoms with Crippen molar-refractivity contribution in [2.75, 3.05) is 19.6 Å². The van der Waals surface area contributed by atoms with Crippen molar-refractivity contribution in [1.29, 1.82) is 0 Å². The monoisotopic (exact) mass is 278 g/mol. The number of rotatable bonds is 4. The van der Waals surface area contributed by atoms with E-state index in [0.29, 0.717) is 0 Å². The molecule has 0 radical (unpaired) electrons. The molecule has 2 nitrogen and oxygen atoms in total. The van der Waals surface area contributed by atoms with Crippen LogP contribution in [0.1, 0.15) is 65.2 Å². The maximum atomic E-state index is 4.03. The largest absolute Gasteiger partial charge is 0.313 e. The van der Waals surface area contributed by atoms with Crippen LogP contribution in [-0.4, -0.2) is 36.6 Å². The van der Waals surface area contributed by atoms with Crippen LogP contribution in [0.2, 0.25) is 0 Å². The Morgan fingerprint density at radius 3 is 2.15 bits per heavy atom. The van der Waals surface area contributed by atoms with Gasteiger partial charge in [-0.1, -0.05) is 25.7 Å².